The van der Waals surface area contributed by atoms with Gasteiger partial charge in [-0.25, -0.2) is 4.79 Å². The first-order valence-corrected chi connectivity index (χ1v) is 3.16. The molecule has 1 aliphatic heterocycles. The minimum atomic E-state index is -0.896. The number of nitrogens with zero attached hydrogens (tertiary/aromatic N) is 1. The van der Waals surface area contributed by atoms with Crippen LogP contribution in [0.2, 0.25) is 0 Å². The zero-order chi connectivity index (χ0) is 8.27. The van der Waals surface area contributed by atoms with Gasteiger partial charge in [-0.3, -0.25) is 4.79 Å². The molecule has 0 bridgehead atoms. The highest BCUT2D eigenvalue weighted by Gasteiger charge is 2.17. The van der Waals surface area contributed by atoms with Crippen LogP contribution in [0.4, 0.5) is 0 Å². The fraction of sp³-hybridized carbons (Fsp3) is 0.500. The molecule has 0 saturated heterocycles. The lowest BCUT2D eigenvalue weighted by Gasteiger charge is -1.90. The molecule has 0 spiro atoms. The molecule has 1 heterocycles. The molecule has 60 valence electrons. The molecule has 0 aromatic carbocycles. The van der Waals surface area contributed by atoms with Crippen molar-refractivity contribution in [3.63, 3.8) is 0 Å². The second-order valence-corrected chi connectivity index (χ2v) is 2.19. The monoisotopic (exact) mass is 157 g/mol. The standard InChI is InChI=1S/C6H7NO4/c8-5(9)2-1-4-3-6(10)11-7-4/h1-3H2,(H,8,9). The van der Waals surface area contributed by atoms with Gasteiger partial charge in [0.25, 0.3) is 0 Å². The van der Waals surface area contributed by atoms with Gasteiger partial charge in [0.15, 0.2) is 0 Å². The molecule has 0 aromatic rings. The summed E-state index contributed by atoms with van der Waals surface area (Å²) < 4.78 is 0. The normalized spacial score (nSPS) is 16.0. The number of hydrogen-bond donors (Lipinski definition) is 1. The van der Waals surface area contributed by atoms with E-state index in [2.05, 4.69) is 9.99 Å². The lowest BCUT2D eigenvalue weighted by Crippen LogP contribution is -2.02. The maximum Gasteiger partial charge on any atom is 0.340 e. The molecular formula is C6H7NO4. The zero-order valence-corrected chi connectivity index (χ0v) is 5.74. The highest BCUT2D eigenvalue weighted by molar-refractivity contribution is 6.02. The summed E-state index contributed by atoms with van der Waals surface area (Å²) in [6.07, 6.45) is 0.420. The molecule has 1 N–H and O–H groups in total. The predicted molar refractivity (Wildman–Crippen MR) is 35.0 cm³/mol. The second-order valence-electron chi connectivity index (χ2n) is 2.19. The van der Waals surface area contributed by atoms with Crippen LogP contribution >= 0.6 is 0 Å². The van der Waals surface area contributed by atoms with Crippen LogP contribution in [-0.2, 0) is 14.4 Å². The van der Waals surface area contributed by atoms with Crippen molar-refractivity contribution >= 4 is 17.7 Å². The van der Waals surface area contributed by atoms with Crippen LogP contribution in [0, 0.1) is 0 Å². The van der Waals surface area contributed by atoms with Crippen LogP contribution in [0.15, 0.2) is 5.16 Å². The fourth-order valence-corrected chi connectivity index (χ4v) is 0.732. The van der Waals surface area contributed by atoms with Crippen molar-refractivity contribution in [1.29, 1.82) is 0 Å². The first-order valence-electron chi connectivity index (χ1n) is 3.16. The summed E-state index contributed by atoms with van der Waals surface area (Å²) >= 11 is 0. The fourth-order valence-electron chi connectivity index (χ4n) is 0.732. The van der Waals surface area contributed by atoms with Crippen LogP contribution in [0.5, 0.6) is 0 Å². The van der Waals surface area contributed by atoms with E-state index in [1.165, 1.54) is 0 Å². The quantitative estimate of drug-likeness (QED) is 0.592. The van der Waals surface area contributed by atoms with Crippen molar-refractivity contribution in [2.24, 2.45) is 5.16 Å². The Hall–Kier alpha value is -1.39. The van der Waals surface area contributed by atoms with E-state index in [-0.39, 0.29) is 12.8 Å². The maximum atomic E-state index is 10.4. The number of oxime groups is 1. The molecule has 5 nitrogen and oxygen atoms in total. The Bertz CT molecular complexity index is 221. The topological polar surface area (TPSA) is 76.0 Å². The molecule has 0 fully saturated rings. The van der Waals surface area contributed by atoms with Crippen LogP contribution < -0.4 is 0 Å². The summed E-state index contributed by atoms with van der Waals surface area (Å²) in [5.41, 5.74) is 0.511. The number of carboxylic acid groups (broad SMARTS) is 1. The van der Waals surface area contributed by atoms with Crippen LogP contribution in [0.1, 0.15) is 19.3 Å². The number of carbonyl (C=O) groups excluding carboxylic acids is 1. The van der Waals surface area contributed by atoms with Crippen molar-refractivity contribution in [2.45, 2.75) is 19.3 Å². The summed E-state index contributed by atoms with van der Waals surface area (Å²) in [5.74, 6) is -1.31. The summed E-state index contributed by atoms with van der Waals surface area (Å²) in [4.78, 5) is 24.7. The average molecular weight is 157 g/mol. The van der Waals surface area contributed by atoms with Gasteiger partial charge in [0, 0.05) is 6.42 Å². The van der Waals surface area contributed by atoms with Crippen LogP contribution in [-0.4, -0.2) is 22.8 Å². The number of carboxylic acids is 1. The van der Waals surface area contributed by atoms with Gasteiger partial charge in [-0.2, -0.15) is 0 Å². The van der Waals surface area contributed by atoms with E-state index in [1.807, 2.05) is 0 Å². The maximum absolute atomic E-state index is 10.4. The van der Waals surface area contributed by atoms with Gasteiger partial charge >= 0.3 is 11.9 Å². The van der Waals surface area contributed by atoms with Gasteiger partial charge < -0.3 is 9.94 Å². The number of hydrogen-bond acceptors (Lipinski definition) is 4. The second kappa shape index (κ2) is 3.14. The third-order valence-electron chi connectivity index (χ3n) is 1.25. The van der Waals surface area contributed by atoms with E-state index < -0.39 is 11.9 Å². The smallest absolute Gasteiger partial charge is 0.340 e. The lowest BCUT2D eigenvalue weighted by atomic mass is 10.2. The van der Waals surface area contributed by atoms with Crippen molar-refractivity contribution < 1.29 is 19.5 Å². The minimum absolute atomic E-state index is 0.00449. The van der Waals surface area contributed by atoms with Crippen molar-refractivity contribution in [3.8, 4) is 0 Å². The van der Waals surface area contributed by atoms with Crippen molar-refractivity contribution in [2.75, 3.05) is 0 Å². The molecule has 0 aromatic heterocycles. The summed E-state index contributed by atoms with van der Waals surface area (Å²) in [6, 6.07) is 0. The van der Waals surface area contributed by atoms with Gasteiger partial charge in [0.2, 0.25) is 0 Å². The van der Waals surface area contributed by atoms with Crippen LogP contribution in [0.25, 0.3) is 0 Å². The van der Waals surface area contributed by atoms with E-state index in [4.69, 9.17) is 5.11 Å². The highest BCUT2D eigenvalue weighted by Crippen LogP contribution is 2.07. The average Bonchev–Trinajstić information content (AvgIpc) is 2.31. The summed E-state index contributed by atoms with van der Waals surface area (Å²) in [6.45, 7) is 0. The Labute approximate surface area is 62.6 Å². The first-order chi connectivity index (χ1) is 5.18. The predicted octanol–water partition coefficient (Wildman–Crippen LogP) is 0.154. The van der Waals surface area contributed by atoms with Gasteiger partial charge in [-0.15, -0.1) is 0 Å². The van der Waals surface area contributed by atoms with E-state index in [0.29, 0.717) is 12.1 Å². The largest absolute Gasteiger partial charge is 0.481 e. The van der Waals surface area contributed by atoms with Gasteiger partial charge in [-0.05, 0) is 0 Å². The van der Waals surface area contributed by atoms with Gasteiger partial charge in [-0.1, -0.05) is 5.16 Å². The van der Waals surface area contributed by atoms with E-state index in [9.17, 15) is 9.59 Å². The molecule has 0 atom stereocenters. The Morgan fingerprint density at radius 3 is 2.91 bits per heavy atom. The number of rotatable bonds is 3. The summed E-state index contributed by atoms with van der Waals surface area (Å²) in [7, 11) is 0. The first kappa shape index (κ1) is 7.71. The van der Waals surface area contributed by atoms with E-state index in [0.717, 1.165) is 0 Å². The Morgan fingerprint density at radius 2 is 2.45 bits per heavy atom. The molecule has 0 saturated carbocycles. The zero-order valence-electron chi connectivity index (χ0n) is 5.74. The third kappa shape index (κ3) is 2.37. The summed E-state index contributed by atoms with van der Waals surface area (Å²) in [5, 5.41) is 11.7. The lowest BCUT2D eigenvalue weighted by molar-refractivity contribution is -0.140. The molecule has 0 unspecified atom stereocenters. The van der Waals surface area contributed by atoms with E-state index >= 15 is 0 Å². The van der Waals surface area contributed by atoms with Crippen molar-refractivity contribution in [1.82, 2.24) is 0 Å². The van der Waals surface area contributed by atoms with E-state index in [1.54, 1.807) is 0 Å². The Balaban J connectivity index is 2.28. The Kier molecular flexibility index (Phi) is 2.20. The molecule has 0 radical (unpaired) electrons. The van der Waals surface area contributed by atoms with Gasteiger partial charge in [0.05, 0.1) is 18.6 Å². The number of aliphatic carboxylic acids is 1. The minimum Gasteiger partial charge on any atom is -0.481 e. The molecule has 0 aliphatic carbocycles. The molecule has 1 rings (SSSR count). The molecule has 0 amide bonds. The Morgan fingerprint density at radius 1 is 1.73 bits per heavy atom. The molecule has 1 aliphatic rings. The third-order valence-corrected chi connectivity index (χ3v) is 1.25. The molecular weight excluding hydrogens is 150 g/mol. The SMILES string of the molecule is O=C(O)CCC1=NOC(=O)C1. The highest BCUT2D eigenvalue weighted by atomic mass is 16.7. The molecule has 11 heavy (non-hydrogen) atoms. The van der Waals surface area contributed by atoms with Crippen molar-refractivity contribution in [3.05, 3.63) is 0 Å². The molecule has 5 heteroatoms. The van der Waals surface area contributed by atoms with Gasteiger partial charge in [0.1, 0.15) is 0 Å². The van der Waals surface area contributed by atoms with Crippen LogP contribution in [0.3, 0.4) is 0 Å². The number of carbonyl (C=O) groups is 2.